The number of benzene rings is 4. The molecule has 11 heteroatoms. The van der Waals surface area contributed by atoms with Crippen molar-refractivity contribution in [3.8, 4) is 23.0 Å². The molecule has 4 aromatic rings. The van der Waals surface area contributed by atoms with Crippen molar-refractivity contribution in [3.63, 3.8) is 0 Å². The van der Waals surface area contributed by atoms with Crippen LogP contribution in [0, 0.1) is 0 Å². The number of methoxy groups -OCH3 is 4. The van der Waals surface area contributed by atoms with Gasteiger partial charge in [0.05, 0.1) is 49.4 Å². The zero-order chi connectivity index (χ0) is 30.1. The summed E-state index contributed by atoms with van der Waals surface area (Å²) in [5.74, 6) is 2.20. The molecule has 0 fully saturated rings. The molecule has 6 rings (SSSR count). The number of phosphoric acid groups is 1. The minimum Gasteiger partial charge on any atom is -0.496 e. The van der Waals surface area contributed by atoms with Crippen LogP contribution in [0.1, 0.15) is 22.3 Å². The average molecular weight is 635 g/mol. The molecule has 2 aliphatic rings. The molecule has 4 aromatic carbocycles. The number of phosphoric ester groups is 1. The predicted molar refractivity (Wildman–Crippen MR) is 168 cm³/mol. The minimum atomic E-state index is -4.86. The van der Waals surface area contributed by atoms with E-state index in [-0.39, 0.29) is 11.5 Å². The molecule has 0 atom stereocenters. The van der Waals surface area contributed by atoms with Gasteiger partial charge in [0.25, 0.3) is 0 Å². The van der Waals surface area contributed by atoms with Crippen LogP contribution in [0.15, 0.2) is 92.4 Å². The molecule has 220 valence electrons. The van der Waals surface area contributed by atoms with E-state index in [4.69, 9.17) is 28.0 Å². The molecule has 0 amide bonds. The first-order chi connectivity index (χ1) is 20.9. The number of ether oxygens (including phenoxy) is 4. The smallest absolute Gasteiger partial charge is 0.496 e. The molecule has 0 unspecified atom stereocenters. The molecule has 0 bridgehead atoms. The van der Waals surface area contributed by atoms with Crippen LogP contribution in [0.4, 0.5) is 0 Å². The summed E-state index contributed by atoms with van der Waals surface area (Å²) in [6.07, 6.45) is 3.40. The first-order valence-corrected chi connectivity index (χ1v) is 16.2. The van der Waals surface area contributed by atoms with E-state index >= 15 is 0 Å². The van der Waals surface area contributed by atoms with Crippen LogP contribution < -0.4 is 18.9 Å². The number of fused-ring (bicyclic) bond motifs is 4. The fourth-order valence-electron chi connectivity index (χ4n) is 4.87. The normalized spacial score (nSPS) is 13.4. The maximum absolute atomic E-state index is 14.0. The highest BCUT2D eigenvalue weighted by Crippen LogP contribution is 2.58. The van der Waals surface area contributed by atoms with Crippen LogP contribution in [0.3, 0.4) is 0 Å². The lowest BCUT2D eigenvalue weighted by Crippen LogP contribution is -2.02. The molecular formula is C32H27O8PS2. The first-order valence-electron chi connectivity index (χ1n) is 13.1. The van der Waals surface area contributed by atoms with E-state index in [1.54, 1.807) is 50.6 Å². The molecule has 0 spiro atoms. The van der Waals surface area contributed by atoms with E-state index in [1.807, 2.05) is 48.5 Å². The van der Waals surface area contributed by atoms with Gasteiger partial charge in [0.1, 0.15) is 34.5 Å². The largest absolute Gasteiger partial charge is 0.584 e. The van der Waals surface area contributed by atoms with Gasteiger partial charge in [-0.15, -0.1) is 0 Å². The van der Waals surface area contributed by atoms with Gasteiger partial charge in [-0.1, -0.05) is 59.9 Å². The van der Waals surface area contributed by atoms with Crippen LogP contribution in [-0.4, -0.2) is 33.3 Å². The fraction of sp³-hybridized carbons (Fsp3) is 0.125. The van der Waals surface area contributed by atoms with Crippen LogP contribution in [0.2, 0.25) is 0 Å². The van der Waals surface area contributed by atoms with Gasteiger partial charge in [0, 0.05) is 9.79 Å². The fourth-order valence-corrected chi connectivity index (χ4v) is 8.02. The molecule has 2 aliphatic heterocycles. The molecule has 8 nitrogen and oxygen atoms in total. The Morgan fingerprint density at radius 3 is 1.33 bits per heavy atom. The van der Waals surface area contributed by atoms with Gasteiger partial charge in [0.2, 0.25) is 0 Å². The van der Waals surface area contributed by atoms with Gasteiger partial charge in [-0.2, -0.15) is 0 Å². The highest BCUT2D eigenvalue weighted by molar-refractivity contribution is 8.00. The van der Waals surface area contributed by atoms with E-state index < -0.39 is 7.82 Å². The lowest BCUT2D eigenvalue weighted by atomic mass is 10.1. The third-order valence-electron chi connectivity index (χ3n) is 6.80. The maximum atomic E-state index is 14.0. The highest BCUT2D eigenvalue weighted by Gasteiger charge is 2.35. The molecule has 0 aliphatic carbocycles. The van der Waals surface area contributed by atoms with Crippen LogP contribution in [0.5, 0.6) is 23.0 Å². The Morgan fingerprint density at radius 1 is 0.558 bits per heavy atom. The second-order valence-corrected chi connectivity index (χ2v) is 12.7. The molecule has 43 heavy (non-hydrogen) atoms. The summed E-state index contributed by atoms with van der Waals surface area (Å²) in [6, 6.07) is 22.3. The quantitative estimate of drug-likeness (QED) is 0.190. The lowest BCUT2D eigenvalue weighted by Gasteiger charge is -2.22. The third-order valence-corrected chi connectivity index (χ3v) is 10.1. The maximum Gasteiger partial charge on any atom is 0.584 e. The van der Waals surface area contributed by atoms with Crippen molar-refractivity contribution in [2.24, 2.45) is 0 Å². The summed E-state index contributed by atoms with van der Waals surface area (Å²) in [6.45, 7) is 0. The zero-order valence-electron chi connectivity index (χ0n) is 23.7. The van der Waals surface area contributed by atoms with Gasteiger partial charge >= 0.3 is 7.82 Å². The Kier molecular flexibility index (Phi) is 8.11. The van der Waals surface area contributed by atoms with Crippen molar-refractivity contribution >= 4 is 55.0 Å². The Balaban J connectivity index is 1.48. The van der Waals surface area contributed by atoms with Crippen molar-refractivity contribution in [1.29, 1.82) is 0 Å². The number of hydrogen-bond acceptors (Lipinski definition) is 9. The molecule has 1 N–H and O–H groups in total. The van der Waals surface area contributed by atoms with Crippen LogP contribution in [0.25, 0.3) is 23.7 Å². The molecule has 0 saturated carbocycles. The second-order valence-electron chi connectivity index (χ2n) is 9.30. The van der Waals surface area contributed by atoms with Crippen LogP contribution in [-0.2, 0) is 13.6 Å². The van der Waals surface area contributed by atoms with E-state index in [0.29, 0.717) is 43.9 Å². The van der Waals surface area contributed by atoms with E-state index in [0.717, 1.165) is 20.9 Å². The summed E-state index contributed by atoms with van der Waals surface area (Å²) in [4.78, 5) is 14.6. The predicted octanol–water partition coefficient (Wildman–Crippen LogP) is 8.48. The number of hydrogen-bond donors (Lipinski definition) is 1. The molecular weight excluding hydrogens is 607 g/mol. The van der Waals surface area contributed by atoms with Crippen molar-refractivity contribution in [1.82, 2.24) is 0 Å². The standard InChI is InChI=1S/C32H27O8PS2/c1-35-21-13-15-23(37-3)31-29(21)25(17-19-9-5-7-11-27(19)42-31)39-41(33,34)40-26-18-20-10-6-8-12-28(20)43-32-24(38-4)16-14-22(36-2)30(26)32/h5-18H,1-4H3,(H,33,34). The van der Waals surface area contributed by atoms with Gasteiger partial charge in [-0.25, -0.2) is 4.57 Å². The molecule has 0 aromatic heterocycles. The Bertz CT molecular complexity index is 1710. The van der Waals surface area contributed by atoms with E-state index in [9.17, 15) is 9.46 Å². The Hall–Kier alpha value is -3.95. The average Bonchev–Trinajstić information content (AvgIpc) is 3.27. The summed E-state index contributed by atoms with van der Waals surface area (Å²) >= 11 is 2.90. The van der Waals surface area contributed by atoms with Gasteiger partial charge in [-0.05, 0) is 59.7 Å². The summed E-state index contributed by atoms with van der Waals surface area (Å²) < 4.78 is 48.5. The minimum absolute atomic E-state index is 0.0934. The van der Waals surface area contributed by atoms with Gasteiger partial charge in [0.15, 0.2) is 0 Å². The van der Waals surface area contributed by atoms with Gasteiger partial charge in [-0.3, -0.25) is 4.89 Å². The topological polar surface area (TPSA) is 92.7 Å². The van der Waals surface area contributed by atoms with Crippen molar-refractivity contribution < 1.29 is 37.5 Å². The monoisotopic (exact) mass is 634 g/mol. The summed E-state index contributed by atoms with van der Waals surface area (Å²) in [7, 11) is 1.33. The van der Waals surface area contributed by atoms with Crippen molar-refractivity contribution in [3.05, 3.63) is 95.1 Å². The highest BCUT2D eigenvalue weighted by atomic mass is 32.2. The SMILES string of the molecule is COc1ccc(OC)c2c1Sc1ccccc1C=C2OP(=O)(O)OC1=Cc2ccccc2Sc2c(OC)ccc(OC)c21. The zero-order valence-corrected chi connectivity index (χ0v) is 26.2. The van der Waals surface area contributed by atoms with Gasteiger partial charge < -0.3 is 28.0 Å². The molecule has 2 heterocycles. The van der Waals surface area contributed by atoms with E-state index in [1.165, 1.54) is 37.7 Å². The summed E-state index contributed by atoms with van der Waals surface area (Å²) in [5.41, 5.74) is 2.52. The second kappa shape index (κ2) is 12.0. The Morgan fingerprint density at radius 2 is 0.930 bits per heavy atom. The van der Waals surface area contributed by atoms with Crippen molar-refractivity contribution in [2.75, 3.05) is 28.4 Å². The summed E-state index contributed by atoms with van der Waals surface area (Å²) in [5, 5.41) is 0. The van der Waals surface area contributed by atoms with E-state index in [2.05, 4.69) is 0 Å². The third kappa shape index (κ3) is 5.59. The number of rotatable bonds is 8. The molecule has 0 radical (unpaired) electrons. The molecule has 0 saturated heterocycles. The first kappa shape index (κ1) is 29.1. The van der Waals surface area contributed by atoms with Crippen LogP contribution >= 0.6 is 31.3 Å². The van der Waals surface area contributed by atoms with Crippen molar-refractivity contribution in [2.45, 2.75) is 19.6 Å². The Labute approximate surface area is 257 Å². The lowest BCUT2D eigenvalue weighted by molar-refractivity contribution is 0.263.